The highest BCUT2D eigenvalue weighted by Crippen LogP contribution is 2.22. The van der Waals surface area contributed by atoms with Gasteiger partial charge in [-0.3, -0.25) is 0 Å². The highest BCUT2D eigenvalue weighted by molar-refractivity contribution is 7.07. The molecule has 0 bridgehead atoms. The third-order valence-electron chi connectivity index (χ3n) is 3.21. The lowest BCUT2D eigenvalue weighted by Crippen LogP contribution is -2.24. The zero-order valence-corrected chi connectivity index (χ0v) is 12.6. The van der Waals surface area contributed by atoms with E-state index in [1.54, 1.807) is 11.3 Å². The Morgan fingerprint density at radius 1 is 1.32 bits per heavy atom. The van der Waals surface area contributed by atoms with Gasteiger partial charge in [0.1, 0.15) is 0 Å². The van der Waals surface area contributed by atoms with Gasteiger partial charge < -0.3 is 5.32 Å². The Kier molecular flexibility index (Phi) is 5.05. The summed E-state index contributed by atoms with van der Waals surface area (Å²) in [4.78, 5) is 0. The van der Waals surface area contributed by atoms with Crippen molar-refractivity contribution in [2.24, 2.45) is 0 Å². The Balaban J connectivity index is 2.29. The van der Waals surface area contributed by atoms with Crippen LogP contribution in [-0.2, 0) is 12.8 Å². The quantitative estimate of drug-likeness (QED) is 0.879. The Bertz CT molecular complexity index is 508. The van der Waals surface area contributed by atoms with Crippen molar-refractivity contribution in [3.63, 3.8) is 0 Å². The normalized spacial score (nSPS) is 12.6. The predicted octanol–water partition coefficient (Wildman–Crippen LogP) is 3.30. The van der Waals surface area contributed by atoms with Gasteiger partial charge in [0.25, 0.3) is 0 Å². The maximum atomic E-state index is 4.34. The number of thiophene rings is 1. The molecule has 0 fully saturated rings. The number of rotatable bonds is 6. The molecule has 0 aliphatic rings. The molecule has 19 heavy (non-hydrogen) atoms. The molecular weight excluding hydrogens is 254 g/mol. The van der Waals surface area contributed by atoms with Gasteiger partial charge in [-0.1, -0.05) is 13.8 Å². The van der Waals surface area contributed by atoms with Crippen molar-refractivity contribution < 1.29 is 0 Å². The zero-order valence-electron chi connectivity index (χ0n) is 11.8. The lowest BCUT2D eigenvalue weighted by molar-refractivity contribution is 0.540. The maximum Gasteiger partial charge on any atom is 0.0676 e. The van der Waals surface area contributed by atoms with Gasteiger partial charge in [0, 0.05) is 6.04 Å². The van der Waals surface area contributed by atoms with Crippen LogP contribution in [0.3, 0.4) is 0 Å². The number of nitrogens with zero attached hydrogens (tertiary/aromatic N) is 2. The van der Waals surface area contributed by atoms with E-state index in [1.807, 2.05) is 6.92 Å². The molecule has 1 unspecified atom stereocenters. The van der Waals surface area contributed by atoms with Crippen LogP contribution in [0.1, 0.15) is 42.4 Å². The van der Waals surface area contributed by atoms with E-state index in [1.165, 1.54) is 11.1 Å². The molecule has 2 rings (SSSR count). The second-order valence-corrected chi connectivity index (χ2v) is 5.47. The van der Waals surface area contributed by atoms with E-state index >= 15 is 0 Å². The second kappa shape index (κ2) is 6.78. The zero-order chi connectivity index (χ0) is 13.7. The van der Waals surface area contributed by atoms with Crippen LogP contribution >= 0.6 is 11.3 Å². The Labute approximate surface area is 119 Å². The third kappa shape index (κ3) is 3.61. The predicted molar refractivity (Wildman–Crippen MR) is 80.6 cm³/mol. The minimum absolute atomic E-state index is 0.323. The lowest BCUT2D eigenvalue weighted by Gasteiger charge is -2.20. The van der Waals surface area contributed by atoms with Crippen LogP contribution in [0.2, 0.25) is 0 Å². The molecule has 4 heteroatoms. The van der Waals surface area contributed by atoms with Crippen molar-refractivity contribution in [3.05, 3.63) is 45.4 Å². The van der Waals surface area contributed by atoms with E-state index in [9.17, 15) is 0 Å². The maximum absolute atomic E-state index is 4.34. The number of aromatic nitrogens is 2. The van der Waals surface area contributed by atoms with Gasteiger partial charge >= 0.3 is 0 Å². The van der Waals surface area contributed by atoms with Crippen molar-refractivity contribution in [1.82, 2.24) is 15.5 Å². The highest BCUT2D eigenvalue weighted by atomic mass is 32.1. The SMILES string of the molecule is CCNC(Cc1ccsc1)c1cc(C)nnc1CC. The molecule has 0 amide bonds. The summed E-state index contributed by atoms with van der Waals surface area (Å²) in [5.74, 6) is 0. The largest absolute Gasteiger partial charge is 0.310 e. The van der Waals surface area contributed by atoms with Crippen molar-refractivity contribution in [3.8, 4) is 0 Å². The summed E-state index contributed by atoms with van der Waals surface area (Å²) in [5, 5.41) is 16.4. The molecule has 3 nitrogen and oxygen atoms in total. The molecule has 0 spiro atoms. The van der Waals surface area contributed by atoms with Crippen LogP contribution in [0, 0.1) is 6.92 Å². The van der Waals surface area contributed by atoms with E-state index in [2.05, 4.69) is 52.3 Å². The number of hydrogen-bond donors (Lipinski definition) is 1. The molecule has 0 saturated carbocycles. The van der Waals surface area contributed by atoms with Crippen molar-refractivity contribution in [2.75, 3.05) is 6.54 Å². The molecule has 1 N–H and O–H groups in total. The lowest BCUT2D eigenvalue weighted by atomic mass is 9.98. The average Bonchev–Trinajstić information content (AvgIpc) is 2.91. The van der Waals surface area contributed by atoms with Gasteiger partial charge in [-0.05, 0) is 60.3 Å². The van der Waals surface area contributed by atoms with Gasteiger partial charge in [0.15, 0.2) is 0 Å². The van der Waals surface area contributed by atoms with Gasteiger partial charge in [-0.15, -0.1) is 0 Å². The second-order valence-electron chi connectivity index (χ2n) is 4.69. The third-order valence-corrected chi connectivity index (χ3v) is 3.94. The summed E-state index contributed by atoms with van der Waals surface area (Å²) < 4.78 is 0. The smallest absolute Gasteiger partial charge is 0.0676 e. The number of hydrogen-bond acceptors (Lipinski definition) is 4. The molecule has 0 aliphatic carbocycles. The molecule has 0 aliphatic heterocycles. The molecule has 1 atom stereocenters. The molecule has 2 aromatic rings. The molecule has 2 aromatic heterocycles. The minimum atomic E-state index is 0.323. The molecule has 102 valence electrons. The van der Waals surface area contributed by atoms with Gasteiger partial charge in [0.2, 0.25) is 0 Å². The molecule has 2 heterocycles. The summed E-state index contributed by atoms with van der Waals surface area (Å²) >= 11 is 1.75. The van der Waals surface area contributed by atoms with Crippen molar-refractivity contribution >= 4 is 11.3 Å². The van der Waals surface area contributed by atoms with Gasteiger partial charge in [-0.25, -0.2) is 0 Å². The Hall–Kier alpha value is -1.26. The Morgan fingerprint density at radius 3 is 2.79 bits per heavy atom. The van der Waals surface area contributed by atoms with Crippen molar-refractivity contribution in [1.29, 1.82) is 0 Å². The highest BCUT2D eigenvalue weighted by Gasteiger charge is 2.16. The topological polar surface area (TPSA) is 37.8 Å². The fourth-order valence-electron chi connectivity index (χ4n) is 2.29. The first kappa shape index (κ1) is 14.2. The summed E-state index contributed by atoms with van der Waals surface area (Å²) in [6.45, 7) is 7.24. The number of nitrogens with one attached hydrogen (secondary N) is 1. The van der Waals surface area contributed by atoms with Crippen LogP contribution in [0.25, 0.3) is 0 Å². The first-order valence-electron chi connectivity index (χ1n) is 6.82. The standard InChI is InChI=1S/C15H21N3S/c1-4-14-13(8-11(3)17-18-14)15(16-5-2)9-12-6-7-19-10-12/h6-8,10,15-16H,4-5,9H2,1-3H3. The molecule has 0 saturated heterocycles. The summed E-state index contributed by atoms with van der Waals surface area (Å²) in [6, 6.07) is 4.69. The average molecular weight is 275 g/mol. The first-order chi connectivity index (χ1) is 9.24. The summed E-state index contributed by atoms with van der Waals surface area (Å²) in [6.07, 6.45) is 1.93. The monoisotopic (exact) mass is 275 g/mol. The van der Waals surface area contributed by atoms with Crippen molar-refractivity contribution in [2.45, 2.75) is 39.7 Å². The van der Waals surface area contributed by atoms with E-state index in [-0.39, 0.29) is 0 Å². The Morgan fingerprint density at radius 2 is 2.16 bits per heavy atom. The summed E-state index contributed by atoms with van der Waals surface area (Å²) in [5.41, 5.74) is 4.77. The molecule has 0 aromatic carbocycles. The number of aryl methyl sites for hydroxylation is 2. The molecule has 0 radical (unpaired) electrons. The van der Waals surface area contributed by atoms with Crippen LogP contribution < -0.4 is 5.32 Å². The van der Waals surface area contributed by atoms with Crippen LogP contribution in [0.15, 0.2) is 22.9 Å². The van der Waals surface area contributed by atoms with Crippen LogP contribution in [-0.4, -0.2) is 16.7 Å². The van der Waals surface area contributed by atoms with Crippen LogP contribution in [0.5, 0.6) is 0 Å². The van der Waals surface area contributed by atoms with E-state index in [0.29, 0.717) is 6.04 Å². The van der Waals surface area contributed by atoms with Crippen LogP contribution in [0.4, 0.5) is 0 Å². The van der Waals surface area contributed by atoms with E-state index < -0.39 is 0 Å². The fourth-order valence-corrected chi connectivity index (χ4v) is 2.98. The van der Waals surface area contributed by atoms with Gasteiger partial charge in [-0.2, -0.15) is 21.5 Å². The van der Waals surface area contributed by atoms with E-state index in [4.69, 9.17) is 0 Å². The molecular formula is C15H21N3S. The van der Waals surface area contributed by atoms with Gasteiger partial charge in [0.05, 0.1) is 11.4 Å². The minimum Gasteiger partial charge on any atom is -0.310 e. The van der Waals surface area contributed by atoms with E-state index in [0.717, 1.165) is 30.8 Å². The first-order valence-corrected chi connectivity index (χ1v) is 7.76. The summed E-state index contributed by atoms with van der Waals surface area (Å²) in [7, 11) is 0. The number of likely N-dealkylation sites (N-methyl/N-ethyl adjacent to an activating group) is 1. The fraction of sp³-hybridized carbons (Fsp3) is 0.467.